The summed E-state index contributed by atoms with van der Waals surface area (Å²) < 4.78 is 0. The highest BCUT2D eigenvalue weighted by atomic mass is 14.9. The molecule has 0 atom stereocenters. The summed E-state index contributed by atoms with van der Waals surface area (Å²) in [7, 11) is 0. The molecule has 0 spiro atoms. The quantitative estimate of drug-likeness (QED) is 0.751. The third-order valence-electron chi connectivity index (χ3n) is 2.49. The molecule has 3 N–H and O–H groups in total. The molecule has 3 heteroatoms. The van der Waals surface area contributed by atoms with Gasteiger partial charge in [0, 0.05) is 24.3 Å². The molecule has 3 nitrogen and oxygen atoms in total. The summed E-state index contributed by atoms with van der Waals surface area (Å²) in [5, 5.41) is 3.46. The maximum atomic E-state index is 5.74. The Morgan fingerprint density at radius 2 is 2.14 bits per heavy atom. The fourth-order valence-corrected chi connectivity index (χ4v) is 1.43. The van der Waals surface area contributed by atoms with Gasteiger partial charge in [-0.15, -0.1) is 0 Å². The van der Waals surface area contributed by atoms with E-state index in [1.54, 1.807) is 6.20 Å². The minimum atomic E-state index is 0.578. The summed E-state index contributed by atoms with van der Waals surface area (Å²) in [6, 6.07) is 4.51. The van der Waals surface area contributed by atoms with Crippen molar-refractivity contribution in [2.45, 2.75) is 39.3 Å². The Hall–Kier alpha value is -1.09. The molecule has 0 aliphatic rings. The molecule has 0 saturated heterocycles. The molecule has 14 heavy (non-hydrogen) atoms. The first-order valence-corrected chi connectivity index (χ1v) is 5.20. The topological polar surface area (TPSA) is 50.9 Å². The number of hydrogen-bond acceptors (Lipinski definition) is 3. The molecule has 0 aliphatic heterocycles. The molecule has 1 heterocycles. The van der Waals surface area contributed by atoms with Gasteiger partial charge in [-0.05, 0) is 18.9 Å². The lowest BCUT2D eigenvalue weighted by Gasteiger charge is -2.14. The largest absolute Gasteiger partial charge is 0.383 e. The van der Waals surface area contributed by atoms with Crippen LogP contribution in [0.25, 0.3) is 0 Å². The van der Waals surface area contributed by atoms with E-state index in [0.29, 0.717) is 11.9 Å². The van der Waals surface area contributed by atoms with Gasteiger partial charge in [-0.1, -0.05) is 19.9 Å². The molecule has 0 aromatic carbocycles. The minimum absolute atomic E-state index is 0.578. The number of rotatable bonds is 5. The van der Waals surface area contributed by atoms with E-state index in [2.05, 4.69) is 24.1 Å². The maximum absolute atomic E-state index is 5.74. The molecule has 1 aromatic rings. The van der Waals surface area contributed by atoms with E-state index in [-0.39, 0.29) is 0 Å². The zero-order chi connectivity index (χ0) is 10.4. The van der Waals surface area contributed by atoms with E-state index in [1.165, 1.54) is 0 Å². The molecule has 0 saturated carbocycles. The van der Waals surface area contributed by atoms with Gasteiger partial charge in [0.25, 0.3) is 0 Å². The lowest BCUT2D eigenvalue weighted by atomic mass is 10.1. The molecular formula is C11H19N3. The van der Waals surface area contributed by atoms with Gasteiger partial charge in [0.15, 0.2) is 0 Å². The molecule has 0 bridgehead atoms. The Morgan fingerprint density at radius 1 is 1.43 bits per heavy atom. The molecule has 1 rings (SSSR count). The second kappa shape index (κ2) is 5.60. The first kappa shape index (κ1) is 11.0. The van der Waals surface area contributed by atoms with Gasteiger partial charge in [0.2, 0.25) is 0 Å². The number of anilines is 1. The molecule has 0 fully saturated rings. The first-order chi connectivity index (χ1) is 6.77. The van der Waals surface area contributed by atoms with Crippen LogP contribution >= 0.6 is 0 Å². The SMILES string of the molecule is CCC(CC)NCc1cccnc1N. The smallest absolute Gasteiger partial charge is 0.127 e. The Balaban J connectivity index is 2.49. The van der Waals surface area contributed by atoms with Crippen LogP contribution in [0.2, 0.25) is 0 Å². The van der Waals surface area contributed by atoms with Crippen LogP contribution in [-0.4, -0.2) is 11.0 Å². The number of nitrogen functional groups attached to an aromatic ring is 1. The monoisotopic (exact) mass is 193 g/mol. The highest BCUT2D eigenvalue weighted by molar-refractivity contribution is 5.38. The van der Waals surface area contributed by atoms with Crippen molar-refractivity contribution in [3.63, 3.8) is 0 Å². The van der Waals surface area contributed by atoms with E-state index >= 15 is 0 Å². The zero-order valence-electron chi connectivity index (χ0n) is 8.96. The van der Waals surface area contributed by atoms with Crippen LogP contribution < -0.4 is 11.1 Å². The van der Waals surface area contributed by atoms with Crippen molar-refractivity contribution in [1.29, 1.82) is 0 Å². The summed E-state index contributed by atoms with van der Waals surface area (Å²) in [5.41, 5.74) is 6.82. The predicted octanol–water partition coefficient (Wildman–Crippen LogP) is 1.94. The third-order valence-corrected chi connectivity index (χ3v) is 2.49. The average molecular weight is 193 g/mol. The lowest BCUT2D eigenvalue weighted by molar-refractivity contribution is 0.484. The van der Waals surface area contributed by atoms with Gasteiger partial charge >= 0.3 is 0 Å². The number of hydrogen-bond donors (Lipinski definition) is 2. The van der Waals surface area contributed by atoms with Crippen molar-refractivity contribution >= 4 is 5.82 Å². The highest BCUT2D eigenvalue weighted by Crippen LogP contribution is 2.07. The van der Waals surface area contributed by atoms with Crippen molar-refractivity contribution in [2.75, 3.05) is 5.73 Å². The molecular weight excluding hydrogens is 174 g/mol. The van der Waals surface area contributed by atoms with Crippen LogP contribution in [-0.2, 0) is 6.54 Å². The summed E-state index contributed by atoms with van der Waals surface area (Å²) in [6.07, 6.45) is 4.02. The standard InChI is InChI=1S/C11H19N3/c1-3-10(4-2)14-8-9-6-5-7-13-11(9)12/h5-7,10,14H,3-4,8H2,1-2H3,(H2,12,13). The normalized spacial score (nSPS) is 10.8. The molecule has 0 radical (unpaired) electrons. The van der Waals surface area contributed by atoms with Crippen LogP contribution in [0.4, 0.5) is 5.82 Å². The van der Waals surface area contributed by atoms with Crippen LogP contribution in [0.5, 0.6) is 0 Å². The van der Waals surface area contributed by atoms with Gasteiger partial charge < -0.3 is 11.1 Å². The van der Waals surface area contributed by atoms with Gasteiger partial charge in [-0.25, -0.2) is 4.98 Å². The van der Waals surface area contributed by atoms with Gasteiger partial charge in [0.05, 0.1) is 0 Å². The van der Waals surface area contributed by atoms with Crippen molar-refractivity contribution < 1.29 is 0 Å². The maximum Gasteiger partial charge on any atom is 0.127 e. The molecule has 1 aromatic heterocycles. The Bertz CT molecular complexity index is 269. The van der Waals surface area contributed by atoms with Crippen molar-refractivity contribution in [2.24, 2.45) is 0 Å². The second-order valence-corrected chi connectivity index (χ2v) is 3.44. The van der Waals surface area contributed by atoms with E-state index in [9.17, 15) is 0 Å². The fraction of sp³-hybridized carbons (Fsp3) is 0.545. The molecule has 78 valence electrons. The number of pyridine rings is 1. The van der Waals surface area contributed by atoms with E-state index in [4.69, 9.17) is 5.73 Å². The summed E-state index contributed by atoms with van der Waals surface area (Å²) in [6.45, 7) is 5.19. The zero-order valence-corrected chi connectivity index (χ0v) is 8.96. The number of aromatic nitrogens is 1. The van der Waals surface area contributed by atoms with E-state index in [0.717, 1.165) is 24.9 Å². The van der Waals surface area contributed by atoms with Crippen LogP contribution in [0.15, 0.2) is 18.3 Å². The van der Waals surface area contributed by atoms with Crippen molar-refractivity contribution in [3.8, 4) is 0 Å². The van der Waals surface area contributed by atoms with Gasteiger partial charge in [-0.2, -0.15) is 0 Å². The Kier molecular flexibility index (Phi) is 4.40. The number of nitrogens with two attached hydrogens (primary N) is 1. The van der Waals surface area contributed by atoms with Crippen LogP contribution in [0.3, 0.4) is 0 Å². The molecule has 0 aliphatic carbocycles. The second-order valence-electron chi connectivity index (χ2n) is 3.44. The first-order valence-electron chi connectivity index (χ1n) is 5.20. The van der Waals surface area contributed by atoms with Crippen molar-refractivity contribution in [1.82, 2.24) is 10.3 Å². The minimum Gasteiger partial charge on any atom is -0.383 e. The van der Waals surface area contributed by atoms with Gasteiger partial charge in [0.1, 0.15) is 5.82 Å². The highest BCUT2D eigenvalue weighted by Gasteiger charge is 2.03. The van der Waals surface area contributed by atoms with E-state index in [1.807, 2.05) is 12.1 Å². The van der Waals surface area contributed by atoms with Crippen LogP contribution in [0.1, 0.15) is 32.3 Å². The summed E-state index contributed by atoms with van der Waals surface area (Å²) in [5.74, 6) is 0.631. The van der Waals surface area contributed by atoms with Crippen molar-refractivity contribution in [3.05, 3.63) is 23.9 Å². The number of nitrogens with one attached hydrogen (secondary N) is 1. The lowest BCUT2D eigenvalue weighted by Crippen LogP contribution is -2.27. The number of nitrogens with zero attached hydrogens (tertiary/aromatic N) is 1. The third kappa shape index (κ3) is 3.00. The summed E-state index contributed by atoms with van der Waals surface area (Å²) >= 11 is 0. The summed E-state index contributed by atoms with van der Waals surface area (Å²) in [4.78, 5) is 4.05. The van der Waals surface area contributed by atoms with Gasteiger partial charge in [-0.3, -0.25) is 0 Å². The molecule has 0 amide bonds. The van der Waals surface area contributed by atoms with E-state index < -0.39 is 0 Å². The fourth-order valence-electron chi connectivity index (χ4n) is 1.43. The van der Waals surface area contributed by atoms with Crippen LogP contribution in [0, 0.1) is 0 Å². The predicted molar refractivity (Wildman–Crippen MR) is 59.9 cm³/mol. The Morgan fingerprint density at radius 3 is 2.71 bits per heavy atom. The average Bonchev–Trinajstić information content (AvgIpc) is 2.22. The molecule has 0 unspecified atom stereocenters. The Labute approximate surface area is 85.7 Å².